The molecule has 5 nitrogen and oxygen atoms in total. The maximum Gasteiger partial charge on any atom is 0.265 e. The third-order valence-electron chi connectivity index (χ3n) is 4.89. The number of ether oxygens (including phenoxy) is 1. The number of phenols is 1. The summed E-state index contributed by atoms with van der Waals surface area (Å²) in [4.78, 5) is 27.6. The molecule has 0 saturated heterocycles. The molecular formula is C24H19NO4. The zero-order valence-corrected chi connectivity index (χ0v) is 16.0. The van der Waals surface area contributed by atoms with E-state index in [1.54, 1.807) is 54.6 Å². The number of carbonyl (C=O) groups is 2. The van der Waals surface area contributed by atoms with Gasteiger partial charge in [0.1, 0.15) is 0 Å². The Morgan fingerprint density at radius 3 is 2.28 bits per heavy atom. The number of methoxy groups -OCH3 is 1. The Balaban J connectivity index is 1.88. The molecule has 0 unspecified atom stereocenters. The third-order valence-corrected chi connectivity index (χ3v) is 4.89. The first-order valence-corrected chi connectivity index (χ1v) is 9.13. The van der Waals surface area contributed by atoms with E-state index in [1.807, 2.05) is 19.1 Å². The van der Waals surface area contributed by atoms with Crippen molar-refractivity contribution in [3.63, 3.8) is 0 Å². The molecule has 0 radical (unpaired) electrons. The summed E-state index contributed by atoms with van der Waals surface area (Å²) in [5.41, 5.74) is 3.68. The molecule has 4 rings (SSSR count). The van der Waals surface area contributed by atoms with Crippen LogP contribution in [0.3, 0.4) is 0 Å². The van der Waals surface area contributed by atoms with E-state index in [0.717, 1.165) is 5.56 Å². The minimum absolute atomic E-state index is 0.0153. The van der Waals surface area contributed by atoms with Crippen molar-refractivity contribution >= 4 is 29.2 Å². The minimum atomic E-state index is -0.399. The second kappa shape index (κ2) is 7.28. The van der Waals surface area contributed by atoms with Gasteiger partial charge in [-0.25, -0.2) is 4.90 Å². The van der Waals surface area contributed by atoms with Crippen LogP contribution < -0.4 is 9.64 Å². The van der Waals surface area contributed by atoms with Crippen LogP contribution >= 0.6 is 0 Å². The van der Waals surface area contributed by atoms with Gasteiger partial charge in [0.15, 0.2) is 11.5 Å². The van der Waals surface area contributed by atoms with Crippen LogP contribution in [0, 0.1) is 6.92 Å². The first-order valence-electron chi connectivity index (χ1n) is 9.13. The predicted molar refractivity (Wildman–Crippen MR) is 112 cm³/mol. The highest BCUT2D eigenvalue weighted by Gasteiger charge is 2.35. The van der Waals surface area contributed by atoms with Crippen molar-refractivity contribution in [3.8, 4) is 11.5 Å². The highest BCUT2D eigenvalue weighted by molar-refractivity contribution is 6.43. The number of carbonyl (C=O) groups excluding carboxylic acids is 2. The standard InChI is InChI=1S/C24H19NO4/c1-15-7-10-17(11-8-15)25-23(27)19-6-4-3-5-18(19)20(24(25)28)13-16-9-12-21(26)22(14-16)29-2/h3-14,26H,1-2H3/b20-13-. The minimum Gasteiger partial charge on any atom is -0.504 e. The number of hydrogen-bond acceptors (Lipinski definition) is 4. The molecule has 3 aromatic rings. The number of fused-ring (bicyclic) bond motifs is 1. The molecule has 0 atom stereocenters. The molecule has 144 valence electrons. The zero-order chi connectivity index (χ0) is 20.5. The zero-order valence-electron chi connectivity index (χ0n) is 16.0. The fourth-order valence-electron chi connectivity index (χ4n) is 3.37. The Labute approximate surface area is 168 Å². The fourth-order valence-corrected chi connectivity index (χ4v) is 3.37. The van der Waals surface area contributed by atoms with E-state index in [2.05, 4.69) is 0 Å². The van der Waals surface area contributed by atoms with E-state index < -0.39 is 5.91 Å². The summed E-state index contributed by atoms with van der Waals surface area (Å²) in [6.45, 7) is 1.95. The van der Waals surface area contributed by atoms with Gasteiger partial charge in [0, 0.05) is 11.1 Å². The molecule has 0 fully saturated rings. The lowest BCUT2D eigenvalue weighted by Crippen LogP contribution is -2.41. The van der Waals surface area contributed by atoms with Crippen molar-refractivity contribution in [2.45, 2.75) is 6.92 Å². The van der Waals surface area contributed by atoms with Crippen LogP contribution in [0.15, 0.2) is 66.7 Å². The molecule has 0 aromatic heterocycles. The fraction of sp³-hybridized carbons (Fsp3) is 0.0833. The van der Waals surface area contributed by atoms with Crippen LogP contribution in [0.1, 0.15) is 27.0 Å². The molecule has 0 spiro atoms. The van der Waals surface area contributed by atoms with Crippen molar-refractivity contribution in [1.29, 1.82) is 0 Å². The summed E-state index contributed by atoms with van der Waals surface area (Å²) in [6, 6.07) is 19.2. The van der Waals surface area contributed by atoms with Crippen LogP contribution in [0.4, 0.5) is 5.69 Å². The number of rotatable bonds is 3. The number of anilines is 1. The second-order valence-electron chi connectivity index (χ2n) is 6.82. The van der Waals surface area contributed by atoms with Gasteiger partial charge in [0.2, 0.25) is 0 Å². The van der Waals surface area contributed by atoms with Crippen molar-refractivity contribution in [1.82, 2.24) is 0 Å². The summed E-state index contributed by atoms with van der Waals surface area (Å²) in [6.07, 6.45) is 1.71. The molecule has 1 aliphatic heterocycles. The number of hydrogen-bond donors (Lipinski definition) is 1. The molecule has 1 N–H and O–H groups in total. The summed E-state index contributed by atoms with van der Waals surface area (Å²) in [7, 11) is 1.46. The number of imide groups is 1. The predicted octanol–water partition coefficient (Wildman–Crippen LogP) is 4.44. The lowest BCUT2D eigenvalue weighted by molar-refractivity contribution is -0.112. The van der Waals surface area contributed by atoms with Crippen LogP contribution in [0.2, 0.25) is 0 Å². The van der Waals surface area contributed by atoms with Crippen LogP contribution in [-0.2, 0) is 4.79 Å². The highest BCUT2D eigenvalue weighted by Crippen LogP contribution is 2.34. The molecule has 0 bridgehead atoms. The average Bonchev–Trinajstić information content (AvgIpc) is 2.73. The van der Waals surface area contributed by atoms with Gasteiger partial charge in [-0.15, -0.1) is 0 Å². The van der Waals surface area contributed by atoms with E-state index in [-0.39, 0.29) is 11.7 Å². The number of phenolic OH excluding ortho intramolecular Hbond substituents is 1. The third kappa shape index (κ3) is 3.27. The number of amides is 2. The Bertz CT molecular complexity index is 1150. The largest absolute Gasteiger partial charge is 0.504 e. The van der Waals surface area contributed by atoms with Crippen molar-refractivity contribution in [2.75, 3.05) is 12.0 Å². The normalized spacial score (nSPS) is 14.8. The van der Waals surface area contributed by atoms with Crippen molar-refractivity contribution < 1.29 is 19.4 Å². The van der Waals surface area contributed by atoms with E-state index >= 15 is 0 Å². The number of aryl methyl sites for hydroxylation is 1. The quantitative estimate of drug-likeness (QED) is 0.535. The first-order chi connectivity index (χ1) is 14.0. The lowest BCUT2D eigenvalue weighted by Gasteiger charge is -2.28. The van der Waals surface area contributed by atoms with E-state index in [1.165, 1.54) is 18.1 Å². The summed E-state index contributed by atoms with van der Waals surface area (Å²) in [5.74, 6) is -0.427. The van der Waals surface area contributed by atoms with Crippen molar-refractivity contribution in [2.24, 2.45) is 0 Å². The first kappa shape index (κ1) is 18.5. The smallest absolute Gasteiger partial charge is 0.265 e. The monoisotopic (exact) mass is 385 g/mol. The van der Waals surface area contributed by atoms with E-state index in [4.69, 9.17) is 4.74 Å². The molecule has 2 amide bonds. The van der Waals surface area contributed by atoms with Crippen molar-refractivity contribution in [3.05, 3.63) is 89.0 Å². The second-order valence-corrected chi connectivity index (χ2v) is 6.82. The molecular weight excluding hydrogens is 366 g/mol. The summed E-state index contributed by atoms with van der Waals surface area (Å²) < 4.78 is 5.16. The summed E-state index contributed by atoms with van der Waals surface area (Å²) >= 11 is 0. The van der Waals surface area contributed by atoms with Gasteiger partial charge in [-0.05, 0) is 54.5 Å². The van der Waals surface area contributed by atoms with Crippen LogP contribution in [-0.4, -0.2) is 24.0 Å². The average molecular weight is 385 g/mol. The van der Waals surface area contributed by atoms with Crippen LogP contribution in [0.25, 0.3) is 11.6 Å². The Hall–Kier alpha value is -3.86. The number of benzene rings is 3. The van der Waals surface area contributed by atoms with Gasteiger partial charge >= 0.3 is 0 Å². The highest BCUT2D eigenvalue weighted by atomic mass is 16.5. The van der Waals surface area contributed by atoms with E-state index in [0.29, 0.717) is 33.7 Å². The molecule has 1 aliphatic rings. The Kier molecular flexibility index (Phi) is 4.64. The molecule has 3 aromatic carbocycles. The van der Waals surface area contributed by atoms with Crippen LogP contribution in [0.5, 0.6) is 11.5 Å². The maximum atomic E-state index is 13.4. The number of nitrogens with zero attached hydrogens (tertiary/aromatic N) is 1. The molecule has 0 saturated carbocycles. The molecule has 29 heavy (non-hydrogen) atoms. The Morgan fingerprint density at radius 1 is 0.897 bits per heavy atom. The molecule has 5 heteroatoms. The van der Waals surface area contributed by atoms with Gasteiger partial charge in [0.25, 0.3) is 11.8 Å². The summed E-state index contributed by atoms with van der Waals surface area (Å²) in [5, 5.41) is 9.83. The van der Waals surface area contributed by atoms with Gasteiger partial charge in [0.05, 0.1) is 12.8 Å². The lowest BCUT2D eigenvalue weighted by atomic mass is 9.91. The Morgan fingerprint density at radius 2 is 1.59 bits per heavy atom. The van der Waals surface area contributed by atoms with Gasteiger partial charge in [-0.1, -0.05) is 42.0 Å². The van der Waals surface area contributed by atoms with Gasteiger partial charge < -0.3 is 9.84 Å². The topological polar surface area (TPSA) is 66.8 Å². The van der Waals surface area contributed by atoms with E-state index in [9.17, 15) is 14.7 Å². The SMILES string of the molecule is COc1cc(/C=C2\C(=O)N(c3ccc(C)cc3)C(=O)c3ccccc32)ccc1O. The molecule has 0 aliphatic carbocycles. The number of aromatic hydroxyl groups is 1. The van der Waals surface area contributed by atoms with Gasteiger partial charge in [-0.3, -0.25) is 9.59 Å². The molecule has 1 heterocycles. The van der Waals surface area contributed by atoms with Gasteiger partial charge in [-0.2, -0.15) is 0 Å². The maximum absolute atomic E-state index is 13.4.